The summed E-state index contributed by atoms with van der Waals surface area (Å²) in [5, 5.41) is 0.646. The number of carbonyl (C=O) groups excluding carboxylic acids is 1. The van der Waals surface area contributed by atoms with Crippen molar-refractivity contribution < 1.29 is 9.21 Å². The summed E-state index contributed by atoms with van der Waals surface area (Å²) in [5.41, 5.74) is 2.22. The minimum atomic E-state index is -0.395. The van der Waals surface area contributed by atoms with E-state index in [0.29, 0.717) is 27.4 Å². The molecule has 0 amide bonds. The van der Waals surface area contributed by atoms with Crippen molar-refractivity contribution in [1.82, 2.24) is 9.55 Å². The summed E-state index contributed by atoms with van der Waals surface area (Å²) in [7, 11) is 0. The molecule has 0 aliphatic carbocycles. The number of Topliss-reactive ketones (excluding diaryl/α,β-unsaturated/α-hetero) is 1. The number of aryl methyl sites for hydroxylation is 1. The van der Waals surface area contributed by atoms with Gasteiger partial charge in [-0.1, -0.05) is 53.7 Å². The topological polar surface area (TPSA) is 65.1 Å². The normalized spacial score (nSPS) is 12.2. The highest BCUT2D eigenvalue weighted by atomic mass is 32.2. The smallest absolute Gasteiger partial charge is 0.262 e. The number of nitrogens with zero attached hydrogens (tertiary/aromatic N) is 2. The van der Waals surface area contributed by atoms with Gasteiger partial charge in [0.1, 0.15) is 5.76 Å². The summed E-state index contributed by atoms with van der Waals surface area (Å²) < 4.78 is 7.00. The van der Waals surface area contributed by atoms with E-state index in [2.05, 4.69) is 4.98 Å². The summed E-state index contributed by atoms with van der Waals surface area (Å²) in [5.74, 6) is 0.658. The van der Waals surface area contributed by atoms with Gasteiger partial charge in [0.25, 0.3) is 5.56 Å². The molecule has 146 valence electrons. The second-order valence-electron chi connectivity index (χ2n) is 6.87. The second-order valence-corrected chi connectivity index (χ2v) is 8.18. The van der Waals surface area contributed by atoms with Gasteiger partial charge in [-0.15, -0.1) is 0 Å². The van der Waals surface area contributed by atoms with Gasteiger partial charge in [0.2, 0.25) is 0 Å². The monoisotopic (exact) mass is 404 g/mol. The maximum Gasteiger partial charge on any atom is 0.262 e. The lowest BCUT2D eigenvalue weighted by Gasteiger charge is -2.15. The summed E-state index contributed by atoms with van der Waals surface area (Å²) >= 11 is 1.29. The van der Waals surface area contributed by atoms with E-state index in [0.717, 1.165) is 5.56 Å². The highest BCUT2D eigenvalue weighted by Crippen LogP contribution is 2.26. The van der Waals surface area contributed by atoms with Gasteiger partial charge < -0.3 is 4.42 Å². The highest BCUT2D eigenvalue weighted by Gasteiger charge is 2.21. The first-order chi connectivity index (χ1) is 14.0. The fourth-order valence-electron chi connectivity index (χ4n) is 3.10. The molecule has 1 atom stereocenters. The van der Waals surface area contributed by atoms with Crippen LogP contribution >= 0.6 is 11.8 Å². The van der Waals surface area contributed by atoms with Gasteiger partial charge in [-0.25, -0.2) is 4.98 Å². The SMILES string of the molecule is Cc1ccc(C(=O)C(C)Sc2nc3ccccc3c(=O)n2Cc2ccco2)cc1. The van der Waals surface area contributed by atoms with Crippen LogP contribution < -0.4 is 5.56 Å². The Hall–Kier alpha value is -3.12. The molecule has 0 radical (unpaired) electrons. The summed E-state index contributed by atoms with van der Waals surface area (Å²) in [6.45, 7) is 4.08. The maximum absolute atomic E-state index is 13.1. The van der Waals surface area contributed by atoms with Crippen LogP contribution in [0, 0.1) is 6.92 Å². The molecule has 0 aliphatic heterocycles. The van der Waals surface area contributed by atoms with E-state index >= 15 is 0 Å². The molecule has 0 spiro atoms. The standard InChI is InChI=1S/C23H20N2O3S/c1-15-9-11-17(12-10-15)21(26)16(2)29-23-24-20-8-4-3-7-19(20)22(27)25(23)14-18-6-5-13-28-18/h3-13,16H,14H2,1-2H3. The Bertz CT molecular complexity index is 1210. The predicted molar refractivity (Wildman–Crippen MR) is 115 cm³/mol. The number of aromatic nitrogens is 2. The first-order valence-corrected chi connectivity index (χ1v) is 10.2. The molecule has 4 rings (SSSR count). The molecule has 29 heavy (non-hydrogen) atoms. The van der Waals surface area contributed by atoms with E-state index < -0.39 is 5.25 Å². The Kier molecular flexibility index (Phi) is 5.36. The third-order valence-corrected chi connectivity index (χ3v) is 5.80. The molecule has 2 heterocycles. The molecule has 5 nitrogen and oxygen atoms in total. The van der Waals surface area contributed by atoms with E-state index in [-0.39, 0.29) is 17.9 Å². The summed E-state index contributed by atoms with van der Waals surface area (Å²) in [6.07, 6.45) is 1.57. The zero-order valence-electron chi connectivity index (χ0n) is 16.2. The number of ketones is 1. The fraction of sp³-hybridized carbons (Fsp3) is 0.174. The van der Waals surface area contributed by atoms with Crippen molar-refractivity contribution >= 4 is 28.4 Å². The summed E-state index contributed by atoms with van der Waals surface area (Å²) in [4.78, 5) is 30.7. The van der Waals surface area contributed by atoms with Gasteiger partial charge in [-0.3, -0.25) is 14.2 Å². The number of carbonyl (C=O) groups is 1. The molecule has 1 unspecified atom stereocenters. The molecule has 0 saturated carbocycles. The van der Waals surface area contributed by atoms with Crippen LogP contribution in [-0.2, 0) is 6.54 Å². The fourth-order valence-corrected chi connectivity index (χ4v) is 4.08. The van der Waals surface area contributed by atoms with Crippen LogP contribution in [0.5, 0.6) is 0 Å². The first kappa shape index (κ1) is 19.2. The molecule has 2 aromatic carbocycles. The lowest BCUT2D eigenvalue weighted by Crippen LogP contribution is -2.25. The van der Waals surface area contributed by atoms with Crippen LogP contribution in [0.15, 0.2) is 81.3 Å². The lowest BCUT2D eigenvalue weighted by atomic mass is 10.1. The van der Waals surface area contributed by atoms with Crippen molar-refractivity contribution in [3.63, 3.8) is 0 Å². The van der Waals surface area contributed by atoms with Crippen LogP contribution in [0.1, 0.15) is 28.6 Å². The predicted octanol–water partition coefficient (Wildman–Crippen LogP) is 4.71. The number of para-hydroxylation sites is 1. The quantitative estimate of drug-likeness (QED) is 0.265. The molecule has 2 aromatic heterocycles. The molecular weight excluding hydrogens is 384 g/mol. The zero-order chi connectivity index (χ0) is 20.4. The molecule has 6 heteroatoms. The third-order valence-electron chi connectivity index (χ3n) is 4.71. The van der Waals surface area contributed by atoms with Gasteiger partial charge in [0, 0.05) is 5.56 Å². The second kappa shape index (κ2) is 8.09. The number of fused-ring (bicyclic) bond motifs is 1. The average molecular weight is 404 g/mol. The van der Waals surface area contributed by atoms with Gasteiger partial charge >= 0.3 is 0 Å². The van der Waals surface area contributed by atoms with Crippen LogP contribution in [0.4, 0.5) is 0 Å². The van der Waals surface area contributed by atoms with E-state index in [1.54, 1.807) is 23.0 Å². The van der Waals surface area contributed by atoms with Gasteiger partial charge in [-0.2, -0.15) is 0 Å². The van der Waals surface area contributed by atoms with Crippen molar-refractivity contribution in [3.05, 3.63) is 94.2 Å². The van der Waals surface area contributed by atoms with Gasteiger partial charge in [0.05, 0.1) is 29.0 Å². The minimum absolute atomic E-state index is 0.00181. The number of rotatable bonds is 6. The largest absolute Gasteiger partial charge is 0.467 e. The van der Waals surface area contributed by atoms with Gasteiger partial charge in [-0.05, 0) is 38.1 Å². The molecule has 0 aliphatic rings. The Morgan fingerprint density at radius 1 is 1.10 bits per heavy atom. The van der Waals surface area contributed by atoms with Crippen molar-refractivity contribution in [2.75, 3.05) is 0 Å². The van der Waals surface area contributed by atoms with E-state index in [1.165, 1.54) is 11.8 Å². The molecular formula is C23H20N2O3S. The van der Waals surface area contributed by atoms with Crippen molar-refractivity contribution in [2.24, 2.45) is 0 Å². The average Bonchev–Trinajstić information content (AvgIpc) is 3.24. The Morgan fingerprint density at radius 2 is 1.86 bits per heavy atom. The number of thioether (sulfide) groups is 1. The highest BCUT2D eigenvalue weighted by molar-refractivity contribution is 8.00. The Balaban J connectivity index is 1.72. The summed E-state index contributed by atoms with van der Waals surface area (Å²) in [6, 6.07) is 18.3. The van der Waals surface area contributed by atoms with Crippen LogP contribution in [0.3, 0.4) is 0 Å². The van der Waals surface area contributed by atoms with Crippen LogP contribution in [0.25, 0.3) is 10.9 Å². The Labute approximate surface area is 172 Å². The molecule has 0 N–H and O–H groups in total. The molecule has 0 bridgehead atoms. The number of hydrogen-bond donors (Lipinski definition) is 0. The van der Waals surface area contributed by atoms with E-state index in [4.69, 9.17) is 4.42 Å². The molecule has 4 aromatic rings. The minimum Gasteiger partial charge on any atom is -0.467 e. The first-order valence-electron chi connectivity index (χ1n) is 9.32. The van der Waals surface area contributed by atoms with Gasteiger partial charge in [0.15, 0.2) is 10.9 Å². The zero-order valence-corrected chi connectivity index (χ0v) is 17.0. The number of furan rings is 1. The number of benzene rings is 2. The third kappa shape index (κ3) is 4.03. The molecule has 0 saturated heterocycles. The maximum atomic E-state index is 13.1. The van der Waals surface area contributed by atoms with Crippen molar-refractivity contribution in [1.29, 1.82) is 0 Å². The van der Waals surface area contributed by atoms with Crippen molar-refractivity contribution in [2.45, 2.75) is 30.8 Å². The van der Waals surface area contributed by atoms with Crippen LogP contribution in [-0.4, -0.2) is 20.6 Å². The Morgan fingerprint density at radius 3 is 2.59 bits per heavy atom. The lowest BCUT2D eigenvalue weighted by molar-refractivity contribution is 0.0994. The van der Waals surface area contributed by atoms with E-state index in [1.807, 2.05) is 62.4 Å². The molecule has 0 fully saturated rings. The van der Waals surface area contributed by atoms with E-state index in [9.17, 15) is 9.59 Å². The van der Waals surface area contributed by atoms with Crippen molar-refractivity contribution in [3.8, 4) is 0 Å². The van der Waals surface area contributed by atoms with Crippen LogP contribution in [0.2, 0.25) is 0 Å². The number of hydrogen-bond acceptors (Lipinski definition) is 5.